The molecule has 0 N–H and O–H groups in total. The van der Waals surface area contributed by atoms with Crippen LogP contribution in [0, 0.1) is 0 Å². The minimum atomic E-state index is 0. The molecule has 0 bridgehead atoms. The molecule has 0 amide bonds. The first-order chi connectivity index (χ1) is 0. The number of hydrogen-bond donors (Lipinski definition) is 0. The Hall–Kier alpha value is 2.10. The maximum Gasteiger partial charge on any atom is 2.00 e. The fourth-order valence-corrected chi connectivity index (χ4v) is 0. The van der Waals surface area contributed by atoms with Crippen LogP contribution < -0.4 is 18.9 Å². The Balaban J connectivity index is 0. The Morgan fingerprint density at radius 1 is 1.00 bits per heavy atom. The average Bonchev–Trinajstić information content (AvgIpc) is 0. The van der Waals surface area contributed by atoms with Crippen LogP contribution in [-0.4, -0.2) is 0 Å². The monoisotopic (exact) mass is 193 g/mol. The average molecular weight is 193 g/mol. The second kappa shape index (κ2) is 35.9. The summed E-state index contributed by atoms with van der Waals surface area (Å²) in [6, 6.07) is 0. The van der Waals surface area contributed by atoms with E-state index in [9.17, 15) is 0 Å². The van der Waals surface area contributed by atoms with E-state index in [1.165, 1.54) is 0 Å². The summed E-state index contributed by atoms with van der Waals surface area (Å²) in [7, 11) is 0. The summed E-state index contributed by atoms with van der Waals surface area (Å²) in [5.74, 6) is 0. The van der Waals surface area contributed by atoms with Crippen LogP contribution >= 0.6 is 0 Å². The second-order valence-corrected chi connectivity index (χ2v) is 0. The molecule has 0 aliphatic rings. The van der Waals surface area contributed by atoms with Crippen molar-refractivity contribution < 1.29 is 75.3 Å². The van der Waals surface area contributed by atoms with Crippen molar-refractivity contribution in [1.82, 2.24) is 0 Å². The Kier molecular flexibility index (Phi) is 430. The maximum absolute atomic E-state index is 0. The quantitative estimate of drug-likeness (QED) is 0.364. The molecule has 0 aliphatic carbocycles. The summed E-state index contributed by atoms with van der Waals surface area (Å²) < 4.78 is 0. The molecule has 0 heterocycles. The summed E-state index contributed by atoms with van der Waals surface area (Å²) >= 11 is 0. The van der Waals surface area contributed by atoms with Crippen LogP contribution in [-0.2, 0) is 56.4 Å². The molecule has 0 aromatic carbocycles. The maximum atomic E-state index is 0. The van der Waals surface area contributed by atoms with E-state index in [0.29, 0.717) is 0 Å². The van der Waals surface area contributed by atoms with Gasteiger partial charge in [-0.2, -0.15) is 0 Å². The molecule has 0 rings (SSSR count). The van der Waals surface area contributed by atoms with E-state index in [1.54, 1.807) is 0 Å². The molecular weight excluding hydrogens is 193 g/mol. The molecule has 0 unspecified atom stereocenters. The minimum Gasteiger partial charge on any atom is -2.00 e. The normalized spacial score (nSPS) is 0. The van der Waals surface area contributed by atoms with Crippen LogP contribution in [0.15, 0.2) is 0 Å². The first kappa shape index (κ1) is 59.8. The summed E-state index contributed by atoms with van der Waals surface area (Å²) in [5.41, 5.74) is 0. The molecule has 0 atom stereocenters. The third-order valence-electron chi connectivity index (χ3n) is 0. The molecule has 0 aromatic heterocycles. The van der Waals surface area contributed by atoms with Crippen molar-refractivity contribution >= 4 is 0 Å². The van der Waals surface area contributed by atoms with Gasteiger partial charge in [0.2, 0.25) is 0 Å². The van der Waals surface area contributed by atoms with Gasteiger partial charge in [-0.1, -0.05) is 0 Å². The SMILES string of the molecule is [Co+2].[Fe+2].[Li+].[Mn+2].[O-2]. The first-order valence-electron chi connectivity index (χ1n) is 0. The molecule has 0 saturated heterocycles. The van der Waals surface area contributed by atoms with Gasteiger partial charge >= 0.3 is 69.8 Å². The zero-order chi connectivity index (χ0) is 0. The van der Waals surface area contributed by atoms with Crippen LogP contribution in [0.2, 0.25) is 0 Å². The molecule has 0 aliphatic heterocycles. The van der Waals surface area contributed by atoms with Crippen molar-refractivity contribution in [1.29, 1.82) is 0 Å². The Bertz CT molecular complexity index is 11.6. The summed E-state index contributed by atoms with van der Waals surface area (Å²) in [6.45, 7) is 0. The van der Waals surface area contributed by atoms with Gasteiger partial charge in [-0.05, 0) is 0 Å². The standard InChI is InChI=1S/Co.Fe.Li.Mn.O/q2*+2;+1;+2;-2. The molecule has 2 radical (unpaired) electrons. The van der Waals surface area contributed by atoms with Crippen LogP contribution in [0.4, 0.5) is 0 Å². The van der Waals surface area contributed by atoms with Crippen molar-refractivity contribution in [2.24, 2.45) is 0 Å². The molecule has 0 saturated carbocycles. The van der Waals surface area contributed by atoms with Gasteiger partial charge in [0.1, 0.15) is 0 Å². The van der Waals surface area contributed by atoms with Gasteiger partial charge in [-0.15, -0.1) is 0 Å². The summed E-state index contributed by atoms with van der Waals surface area (Å²) in [6.07, 6.45) is 0. The second-order valence-electron chi connectivity index (χ2n) is 0. The van der Waals surface area contributed by atoms with Crippen molar-refractivity contribution in [2.75, 3.05) is 0 Å². The fraction of sp³-hybridized carbons (Fsp3) is 0. The van der Waals surface area contributed by atoms with Gasteiger partial charge in [-0.25, -0.2) is 0 Å². The van der Waals surface area contributed by atoms with Crippen molar-refractivity contribution in [3.63, 3.8) is 0 Å². The third kappa shape index (κ3) is 23.2. The van der Waals surface area contributed by atoms with Crippen LogP contribution in [0.25, 0.3) is 0 Å². The van der Waals surface area contributed by atoms with Gasteiger partial charge in [0, 0.05) is 0 Å². The largest absolute Gasteiger partial charge is 2.00 e. The van der Waals surface area contributed by atoms with E-state index < -0.39 is 0 Å². The topological polar surface area (TPSA) is 28.5 Å². The van der Waals surface area contributed by atoms with Crippen LogP contribution in [0.1, 0.15) is 0 Å². The van der Waals surface area contributed by atoms with Gasteiger partial charge in [-0.3, -0.25) is 0 Å². The van der Waals surface area contributed by atoms with E-state index in [0.717, 1.165) is 0 Å². The van der Waals surface area contributed by atoms with Crippen LogP contribution in [0.3, 0.4) is 0 Å². The van der Waals surface area contributed by atoms with Crippen molar-refractivity contribution in [3.05, 3.63) is 0 Å². The predicted molar refractivity (Wildman–Crippen MR) is 0.686 cm³/mol. The zero-order valence-corrected chi connectivity index (χ0v) is 5.80. The molecule has 5 heavy (non-hydrogen) atoms. The smallest absolute Gasteiger partial charge is 2.00 e. The third-order valence-corrected chi connectivity index (χ3v) is 0. The van der Waals surface area contributed by atoms with E-state index in [1.807, 2.05) is 0 Å². The molecule has 0 fully saturated rings. The Labute approximate surface area is 74.7 Å². The molecule has 1 nitrogen and oxygen atoms in total. The van der Waals surface area contributed by atoms with E-state index in [2.05, 4.69) is 0 Å². The van der Waals surface area contributed by atoms with E-state index in [4.69, 9.17) is 0 Å². The fourth-order valence-electron chi connectivity index (χ4n) is 0. The summed E-state index contributed by atoms with van der Waals surface area (Å²) in [5, 5.41) is 0. The molecule has 26 valence electrons. The van der Waals surface area contributed by atoms with E-state index >= 15 is 0 Å². The molecular formula is CoFeLiMnO+5. The van der Waals surface area contributed by atoms with Gasteiger partial charge in [0.05, 0.1) is 0 Å². The molecule has 5 heteroatoms. The van der Waals surface area contributed by atoms with E-state index in [-0.39, 0.29) is 75.3 Å². The Morgan fingerprint density at radius 2 is 1.00 bits per heavy atom. The van der Waals surface area contributed by atoms with Crippen molar-refractivity contribution in [3.8, 4) is 0 Å². The number of rotatable bonds is 0. The molecule has 0 spiro atoms. The zero-order valence-electron chi connectivity index (χ0n) is 2.47. The minimum absolute atomic E-state index is 0. The number of hydrogen-bond acceptors (Lipinski definition) is 0. The van der Waals surface area contributed by atoms with Gasteiger partial charge < -0.3 is 5.48 Å². The predicted octanol–water partition coefficient (Wildman–Crippen LogP) is -3.12. The summed E-state index contributed by atoms with van der Waals surface area (Å²) in [4.78, 5) is 0. The molecule has 0 aromatic rings. The van der Waals surface area contributed by atoms with Gasteiger partial charge in [0.15, 0.2) is 0 Å². The first-order valence-corrected chi connectivity index (χ1v) is 0. The van der Waals surface area contributed by atoms with Crippen LogP contribution in [0.5, 0.6) is 0 Å². The Morgan fingerprint density at radius 3 is 1.00 bits per heavy atom. The van der Waals surface area contributed by atoms with Crippen molar-refractivity contribution in [2.45, 2.75) is 0 Å². The van der Waals surface area contributed by atoms with Gasteiger partial charge in [0.25, 0.3) is 0 Å².